The zero-order valence-corrected chi connectivity index (χ0v) is 12.6. The number of halogens is 1. The minimum absolute atomic E-state index is 0.407. The summed E-state index contributed by atoms with van der Waals surface area (Å²) in [7, 11) is 0. The monoisotopic (exact) mass is 331 g/mol. The quantitative estimate of drug-likeness (QED) is 0.601. The summed E-state index contributed by atoms with van der Waals surface area (Å²) in [6.45, 7) is 0.780. The summed E-state index contributed by atoms with van der Waals surface area (Å²) in [6, 6.07) is 5.44. The van der Waals surface area contributed by atoms with Gasteiger partial charge in [-0.15, -0.1) is 0 Å². The average molecular weight is 332 g/mol. The van der Waals surface area contributed by atoms with Crippen LogP contribution in [0.5, 0.6) is 5.75 Å². The first kappa shape index (κ1) is 17.0. The molecule has 0 aromatic heterocycles. The maximum Gasteiger partial charge on any atom is 0.223 e. The zero-order valence-electron chi connectivity index (χ0n) is 11.8. The van der Waals surface area contributed by atoms with Crippen LogP contribution < -0.4 is 10.1 Å². The topological polar surface area (TPSA) is 108 Å². The Morgan fingerprint density at radius 1 is 1.32 bits per heavy atom. The van der Waals surface area contributed by atoms with Crippen molar-refractivity contribution in [2.75, 3.05) is 6.61 Å². The van der Waals surface area contributed by atoms with Crippen molar-refractivity contribution < 1.29 is 29.6 Å². The number of ether oxygens (including phenoxy) is 2. The summed E-state index contributed by atoms with van der Waals surface area (Å²) < 4.78 is 11.0. The molecule has 1 heterocycles. The summed E-state index contributed by atoms with van der Waals surface area (Å²) in [4.78, 5) is 11.3. The minimum Gasteiger partial charge on any atom is -0.463 e. The van der Waals surface area contributed by atoms with E-state index in [1.165, 1.54) is 6.92 Å². The lowest BCUT2D eigenvalue weighted by Crippen LogP contribution is -2.65. The van der Waals surface area contributed by atoms with Crippen LogP contribution in [0.3, 0.4) is 0 Å². The number of aliphatic hydroxyl groups is 3. The molecule has 1 aliphatic heterocycles. The van der Waals surface area contributed by atoms with Crippen LogP contribution in [0.1, 0.15) is 6.92 Å². The number of carbonyl (C=O) groups is 1. The van der Waals surface area contributed by atoms with E-state index in [1.54, 1.807) is 24.3 Å². The zero-order chi connectivity index (χ0) is 16.3. The second-order valence-corrected chi connectivity index (χ2v) is 5.44. The molecule has 0 saturated carbocycles. The standard InChI is InChI=1S/C14H18ClNO6/c1-7(18)16-11-13(20)12(19)10(6-17)22-14(11)21-9-4-2-8(15)3-5-9/h2-5,10-14,17,19-20H,6H2,1H3,(H,16,18)/t10-,11+,12-,13-,14-/m1/s1. The Morgan fingerprint density at radius 2 is 1.95 bits per heavy atom. The number of rotatable bonds is 4. The first-order valence-corrected chi connectivity index (χ1v) is 7.12. The maximum atomic E-state index is 11.3. The second kappa shape index (κ2) is 7.26. The van der Waals surface area contributed by atoms with Crippen LogP contribution in [0.25, 0.3) is 0 Å². The number of nitrogens with one attached hydrogen (secondary N) is 1. The molecule has 8 heteroatoms. The van der Waals surface area contributed by atoms with E-state index >= 15 is 0 Å². The highest BCUT2D eigenvalue weighted by atomic mass is 35.5. The summed E-state index contributed by atoms with van der Waals surface area (Å²) in [5, 5.41) is 32.2. The molecule has 0 spiro atoms. The van der Waals surface area contributed by atoms with E-state index in [9.17, 15) is 20.1 Å². The van der Waals surface area contributed by atoms with Crippen molar-refractivity contribution in [1.82, 2.24) is 5.32 Å². The number of hydrogen-bond acceptors (Lipinski definition) is 6. The number of aliphatic hydroxyl groups excluding tert-OH is 3. The van der Waals surface area contributed by atoms with Gasteiger partial charge in [-0.25, -0.2) is 0 Å². The minimum atomic E-state index is -1.34. The Labute approximate surface area is 132 Å². The van der Waals surface area contributed by atoms with Crippen molar-refractivity contribution in [3.63, 3.8) is 0 Å². The van der Waals surface area contributed by atoms with Gasteiger partial charge in [0.25, 0.3) is 0 Å². The molecule has 0 radical (unpaired) electrons. The van der Waals surface area contributed by atoms with E-state index < -0.39 is 43.2 Å². The molecule has 122 valence electrons. The molecule has 1 aromatic rings. The molecule has 1 fully saturated rings. The highest BCUT2D eigenvalue weighted by Gasteiger charge is 2.46. The Bertz CT molecular complexity index is 511. The SMILES string of the molecule is CC(=O)N[C@@H]1[C@H](Oc2ccc(Cl)cc2)O[C@H](CO)[C@@H](O)[C@@H]1O. The van der Waals surface area contributed by atoms with Crippen molar-refractivity contribution in [2.24, 2.45) is 0 Å². The third-order valence-electron chi connectivity index (χ3n) is 3.32. The molecule has 0 aliphatic carbocycles. The lowest BCUT2D eigenvalue weighted by Gasteiger charge is -2.42. The highest BCUT2D eigenvalue weighted by molar-refractivity contribution is 6.30. The molecule has 2 rings (SSSR count). The Balaban J connectivity index is 2.18. The number of carbonyl (C=O) groups excluding carboxylic acids is 1. The molecule has 22 heavy (non-hydrogen) atoms. The molecule has 0 unspecified atom stereocenters. The van der Waals surface area contributed by atoms with E-state index in [1.807, 2.05) is 0 Å². The summed E-state index contributed by atoms with van der Waals surface area (Å²) in [5.74, 6) is -0.00274. The fourth-order valence-electron chi connectivity index (χ4n) is 2.22. The van der Waals surface area contributed by atoms with Gasteiger partial charge in [-0.05, 0) is 24.3 Å². The molecule has 7 nitrogen and oxygen atoms in total. The van der Waals surface area contributed by atoms with E-state index in [-0.39, 0.29) is 0 Å². The highest BCUT2D eigenvalue weighted by Crippen LogP contribution is 2.25. The fourth-order valence-corrected chi connectivity index (χ4v) is 2.34. The van der Waals surface area contributed by atoms with Crippen LogP contribution in [0, 0.1) is 0 Å². The molecule has 1 saturated heterocycles. The number of amides is 1. The van der Waals surface area contributed by atoms with Gasteiger partial charge in [-0.1, -0.05) is 11.6 Å². The molecule has 1 aliphatic rings. The van der Waals surface area contributed by atoms with Gasteiger partial charge in [-0.3, -0.25) is 4.79 Å². The normalized spacial score (nSPS) is 31.6. The predicted molar refractivity (Wildman–Crippen MR) is 77.4 cm³/mol. The van der Waals surface area contributed by atoms with E-state index in [4.69, 9.17) is 21.1 Å². The Morgan fingerprint density at radius 3 is 2.50 bits per heavy atom. The molecule has 1 aromatic carbocycles. The number of hydrogen-bond donors (Lipinski definition) is 4. The smallest absolute Gasteiger partial charge is 0.223 e. The first-order chi connectivity index (χ1) is 10.4. The van der Waals surface area contributed by atoms with Gasteiger partial charge >= 0.3 is 0 Å². The van der Waals surface area contributed by atoms with E-state index in [0.29, 0.717) is 10.8 Å². The van der Waals surface area contributed by atoms with Crippen molar-refractivity contribution in [3.8, 4) is 5.75 Å². The van der Waals surface area contributed by atoms with Crippen molar-refractivity contribution in [3.05, 3.63) is 29.3 Å². The maximum absolute atomic E-state index is 11.3. The van der Waals surface area contributed by atoms with Gasteiger partial charge in [0, 0.05) is 11.9 Å². The van der Waals surface area contributed by atoms with Crippen LogP contribution in [0.2, 0.25) is 5.02 Å². The second-order valence-electron chi connectivity index (χ2n) is 5.00. The van der Waals surface area contributed by atoms with Gasteiger partial charge < -0.3 is 30.1 Å². The lowest BCUT2D eigenvalue weighted by molar-refractivity contribution is -0.244. The van der Waals surface area contributed by atoms with Gasteiger partial charge in [-0.2, -0.15) is 0 Å². The largest absolute Gasteiger partial charge is 0.463 e. The molecule has 1 amide bonds. The van der Waals surface area contributed by atoms with Crippen LogP contribution in [-0.2, 0) is 9.53 Å². The third kappa shape index (κ3) is 3.88. The summed E-state index contributed by atoms with van der Waals surface area (Å²) in [6.07, 6.45) is -4.77. The predicted octanol–water partition coefficient (Wildman–Crippen LogP) is -0.338. The lowest BCUT2D eigenvalue weighted by atomic mass is 9.97. The van der Waals surface area contributed by atoms with Crippen LogP contribution in [0.4, 0.5) is 0 Å². The third-order valence-corrected chi connectivity index (χ3v) is 3.57. The van der Waals surface area contributed by atoms with Gasteiger partial charge in [0.2, 0.25) is 12.2 Å². The summed E-state index contributed by atoms with van der Waals surface area (Å²) in [5.41, 5.74) is 0. The fraction of sp³-hybridized carbons (Fsp3) is 0.500. The first-order valence-electron chi connectivity index (χ1n) is 6.74. The van der Waals surface area contributed by atoms with Crippen LogP contribution in [-0.4, -0.2) is 58.5 Å². The average Bonchev–Trinajstić information content (AvgIpc) is 2.48. The number of benzene rings is 1. The molecular formula is C14H18ClNO6. The molecule has 4 N–H and O–H groups in total. The van der Waals surface area contributed by atoms with Gasteiger partial charge in [0.1, 0.15) is 30.1 Å². The summed E-state index contributed by atoms with van der Waals surface area (Å²) >= 11 is 5.79. The van der Waals surface area contributed by atoms with Crippen LogP contribution in [0.15, 0.2) is 24.3 Å². The molecule has 5 atom stereocenters. The van der Waals surface area contributed by atoms with Crippen molar-refractivity contribution in [2.45, 2.75) is 37.6 Å². The molecular weight excluding hydrogens is 314 g/mol. The Kier molecular flexibility index (Phi) is 5.60. The Hall–Kier alpha value is -1.38. The van der Waals surface area contributed by atoms with E-state index in [0.717, 1.165) is 0 Å². The van der Waals surface area contributed by atoms with Gasteiger partial charge in [0.15, 0.2) is 0 Å². The van der Waals surface area contributed by atoms with Crippen LogP contribution >= 0.6 is 11.6 Å². The molecule has 0 bridgehead atoms. The van der Waals surface area contributed by atoms with Crippen molar-refractivity contribution in [1.29, 1.82) is 0 Å². The van der Waals surface area contributed by atoms with E-state index in [2.05, 4.69) is 5.32 Å². The van der Waals surface area contributed by atoms with Gasteiger partial charge in [0.05, 0.1) is 6.61 Å². The van der Waals surface area contributed by atoms with Crippen molar-refractivity contribution >= 4 is 17.5 Å².